The number of benzene rings is 1. The van der Waals surface area contributed by atoms with E-state index < -0.39 is 0 Å². The number of carbonyl (C=O) groups is 2. The lowest BCUT2D eigenvalue weighted by atomic mass is 9.87. The molecule has 27 heavy (non-hydrogen) atoms. The fourth-order valence-corrected chi connectivity index (χ4v) is 3.71. The van der Waals surface area contributed by atoms with E-state index in [-0.39, 0.29) is 29.9 Å². The average molecular weight is 381 g/mol. The molecule has 0 fully saturated rings. The molecule has 0 aliphatic carbocycles. The topological polar surface area (TPSA) is 95.1 Å². The van der Waals surface area contributed by atoms with Crippen molar-refractivity contribution in [2.75, 3.05) is 5.75 Å². The number of hydrogen-bond acceptors (Lipinski definition) is 5. The van der Waals surface area contributed by atoms with Gasteiger partial charge in [0.25, 0.3) is 0 Å². The summed E-state index contributed by atoms with van der Waals surface area (Å²) in [5.41, 5.74) is 2.53. The van der Waals surface area contributed by atoms with Crippen LogP contribution in [0, 0.1) is 18.3 Å². The Labute approximate surface area is 161 Å². The molecule has 1 aliphatic rings. The Balaban J connectivity index is 1.69. The maximum absolute atomic E-state index is 12.1. The van der Waals surface area contributed by atoms with Crippen LogP contribution in [0.15, 0.2) is 57.7 Å². The van der Waals surface area contributed by atoms with Crippen LogP contribution in [0.1, 0.15) is 29.2 Å². The summed E-state index contributed by atoms with van der Waals surface area (Å²) in [7, 11) is 0. The molecule has 0 saturated carbocycles. The first-order valence-electron chi connectivity index (χ1n) is 8.49. The summed E-state index contributed by atoms with van der Waals surface area (Å²) in [4.78, 5) is 24.2. The lowest BCUT2D eigenvalue weighted by molar-refractivity contribution is -0.121. The molecule has 0 radical (unpaired) electrons. The summed E-state index contributed by atoms with van der Waals surface area (Å²) in [6.07, 6.45) is 1.77. The van der Waals surface area contributed by atoms with Gasteiger partial charge in [0.15, 0.2) is 0 Å². The molecule has 2 aromatic rings. The molecule has 1 aliphatic heterocycles. The van der Waals surface area contributed by atoms with Crippen LogP contribution >= 0.6 is 11.8 Å². The third-order valence-electron chi connectivity index (χ3n) is 4.22. The molecule has 7 heteroatoms. The Morgan fingerprint density at radius 1 is 1.37 bits per heavy atom. The second-order valence-electron chi connectivity index (χ2n) is 6.21. The molecule has 2 heterocycles. The minimum Gasteiger partial charge on any atom is -0.467 e. The first-order chi connectivity index (χ1) is 13.1. The number of carbonyl (C=O) groups excluding carboxylic acids is 2. The number of aryl methyl sites for hydroxylation is 1. The number of allylic oxidation sites excluding steroid dienone is 1. The first-order valence-corrected chi connectivity index (χ1v) is 9.48. The van der Waals surface area contributed by atoms with Crippen molar-refractivity contribution in [3.63, 3.8) is 0 Å². The van der Waals surface area contributed by atoms with Crippen molar-refractivity contribution < 1.29 is 14.0 Å². The van der Waals surface area contributed by atoms with E-state index in [1.165, 1.54) is 0 Å². The highest BCUT2D eigenvalue weighted by Crippen LogP contribution is 2.35. The lowest BCUT2D eigenvalue weighted by Gasteiger charge is -2.25. The molecule has 138 valence electrons. The summed E-state index contributed by atoms with van der Waals surface area (Å²) >= 11 is 1.16. The number of nitrogens with zero attached hydrogens (tertiary/aromatic N) is 1. The zero-order valence-corrected chi connectivity index (χ0v) is 15.6. The quantitative estimate of drug-likeness (QED) is 0.802. The third-order valence-corrected chi connectivity index (χ3v) is 5.24. The summed E-state index contributed by atoms with van der Waals surface area (Å²) in [6, 6.07) is 13.5. The van der Waals surface area contributed by atoms with Gasteiger partial charge >= 0.3 is 0 Å². The van der Waals surface area contributed by atoms with Gasteiger partial charge in [0.2, 0.25) is 11.8 Å². The molecule has 1 aromatic heterocycles. The number of furan rings is 1. The first kappa shape index (κ1) is 18.8. The van der Waals surface area contributed by atoms with E-state index in [2.05, 4.69) is 16.7 Å². The van der Waals surface area contributed by atoms with E-state index in [1.54, 1.807) is 18.4 Å². The van der Waals surface area contributed by atoms with Gasteiger partial charge < -0.3 is 15.1 Å². The van der Waals surface area contributed by atoms with Gasteiger partial charge in [-0.2, -0.15) is 5.26 Å². The van der Waals surface area contributed by atoms with Crippen LogP contribution in [0.3, 0.4) is 0 Å². The van der Waals surface area contributed by atoms with Crippen molar-refractivity contribution in [3.8, 4) is 6.07 Å². The van der Waals surface area contributed by atoms with Gasteiger partial charge in [-0.05, 0) is 24.6 Å². The predicted octanol–water partition coefficient (Wildman–Crippen LogP) is 2.98. The van der Waals surface area contributed by atoms with Crippen LogP contribution in [0.5, 0.6) is 0 Å². The normalized spacial score (nSPS) is 16.6. The van der Waals surface area contributed by atoms with Crippen molar-refractivity contribution in [3.05, 3.63) is 70.2 Å². The number of rotatable bonds is 6. The maximum Gasteiger partial charge on any atom is 0.230 e. The fraction of sp³-hybridized carbons (Fsp3) is 0.250. The van der Waals surface area contributed by atoms with Crippen LogP contribution in [-0.2, 0) is 16.1 Å². The largest absolute Gasteiger partial charge is 0.467 e. The van der Waals surface area contributed by atoms with Crippen LogP contribution in [0.2, 0.25) is 0 Å². The van der Waals surface area contributed by atoms with Crippen molar-refractivity contribution in [2.45, 2.75) is 25.8 Å². The zero-order chi connectivity index (χ0) is 19.2. The van der Waals surface area contributed by atoms with E-state index >= 15 is 0 Å². The van der Waals surface area contributed by atoms with E-state index in [1.807, 2.05) is 31.2 Å². The summed E-state index contributed by atoms with van der Waals surface area (Å²) in [5, 5.41) is 15.6. The SMILES string of the molecule is Cc1ccc([C@@H]2CC(=O)NC(SCC(=O)NCc3ccco3)=C2C#N)cc1. The molecule has 1 atom stereocenters. The van der Waals surface area contributed by atoms with Gasteiger partial charge in [-0.1, -0.05) is 41.6 Å². The standard InChI is InChI=1S/C20H19N3O3S/c1-13-4-6-14(7-5-13)16-9-18(24)23-20(17(16)10-21)27-12-19(25)22-11-15-3-2-8-26-15/h2-8,16H,9,11-12H2,1H3,(H,22,25)(H,23,24)/t16-/m0/s1. The highest BCUT2D eigenvalue weighted by Gasteiger charge is 2.29. The molecular weight excluding hydrogens is 362 g/mol. The highest BCUT2D eigenvalue weighted by atomic mass is 32.2. The minimum atomic E-state index is -0.293. The smallest absolute Gasteiger partial charge is 0.230 e. The number of thioether (sulfide) groups is 1. The van der Waals surface area contributed by atoms with Crippen LogP contribution in [0.25, 0.3) is 0 Å². The minimum absolute atomic E-state index is 0.0993. The van der Waals surface area contributed by atoms with E-state index in [9.17, 15) is 14.9 Å². The summed E-state index contributed by atoms with van der Waals surface area (Å²) in [5.74, 6) is 0.113. The molecule has 0 unspecified atom stereocenters. The van der Waals surface area contributed by atoms with Gasteiger partial charge in [0, 0.05) is 12.3 Å². The van der Waals surface area contributed by atoms with Crippen molar-refractivity contribution in [1.82, 2.24) is 10.6 Å². The van der Waals surface area contributed by atoms with Gasteiger partial charge in [-0.25, -0.2) is 0 Å². The van der Waals surface area contributed by atoms with Gasteiger partial charge in [0.1, 0.15) is 5.76 Å². The highest BCUT2D eigenvalue weighted by molar-refractivity contribution is 8.03. The predicted molar refractivity (Wildman–Crippen MR) is 102 cm³/mol. The maximum atomic E-state index is 12.1. The van der Waals surface area contributed by atoms with Gasteiger partial charge in [-0.15, -0.1) is 0 Å². The van der Waals surface area contributed by atoms with Crippen molar-refractivity contribution in [2.24, 2.45) is 0 Å². The molecule has 2 amide bonds. The molecular formula is C20H19N3O3S. The fourth-order valence-electron chi connectivity index (χ4n) is 2.80. The van der Waals surface area contributed by atoms with Crippen LogP contribution < -0.4 is 10.6 Å². The van der Waals surface area contributed by atoms with Gasteiger partial charge in [-0.3, -0.25) is 9.59 Å². The van der Waals surface area contributed by atoms with E-state index in [4.69, 9.17) is 4.42 Å². The third kappa shape index (κ3) is 4.80. The number of nitriles is 1. The second-order valence-corrected chi connectivity index (χ2v) is 7.20. The van der Waals surface area contributed by atoms with E-state index in [0.717, 1.165) is 22.9 Å². The number of nitrogens with one attached hydrogen (secondary N) is 2. The molecule has 0 spiro atoms. The van der Waals surface area contributed by atoms with Gasteiger partial charge in [0.05, 0.1) is 35.2 Å². The molecule has 0 bridgehead atoms. The monoisotopic (exact) mass is 381 g/mol. The van der Waals surface area contributed by atoms with Crippen LogP contribution in [0.4, 0.5) is 0 Å². The molecule has 2 N–H and O–H groups in total. The Morgan fingerprint density at radius 3 is 2.81 bits per heavy atom. The van der Waals surface area contributed by atoms with Crippen molar-refractivity contribution in [1.29, 1.82) is 5.26 Å². The lowest BCUT2D eigenvalue weighted by Crippen LogP contribution is -2.32. The van der Waals surface area contributed by atoms with Crippen molar-refractivity contribution >= 4 is 23.6 Å². The number of hydrogen-bond donors (Lipinski definition) is 2. The number of amides is 2. The summed E-state index contributed by atoms with van der Waals surface area (Å²) in [6.45, 7) is 2.29. The molecule has 0 saturated heterocycles. The second kappa shape index (κ2) is 8.60. The Kier molecular flexibility index (Phi) is 5.99. The Bertz CT molecular complexity index is 896. The Hall–Kier alpha value is -2.98. The molecule has 3 rings (SSSR count). The zero-order valence-electron chi connectivity index (χ0n) is 14.8. The van der Waals surface area contributed by atoms with E-state index in [0.29, 0.717) is 22.9 Å². The molecule has 6 nitrogen and oxygen atoms in total. The summed E-state index contributed by atoms with van der Waals surface area (Å²) < 4.78 is 5.17. The average Bonchev–Trinajstić information content (AvgIpc) is 3.18. The Morgan fingerprint density at radius 2 is 2.15 bits per heavy atom. The molecule has 1 aromatic carbocycles. The van der Waals surface area contributed by atoms with Crippen LogP contribution in [-0.4, -0.2) is 17.6 Å².